The van der Waals surface area contributed by atoms with Crippen LogP contribution in [-0.4, -0.2) is 41.0 Å². The average Bonchev–Trinajstić information content (AvgIpc) is 3.11. The standard InChI is InChI=1S/C20H24N4O4/c1-3-10-21-18(25)16-15-9-4-5-11-24(15)17(23-16)19(26)22-14-8-6-7-13(12-14)20(27)28-2/h6-8,12H,3-5,9-11H2,1-2H3,(H,21,25)(H,22,26). The third-order valence-corrected chi connectivity index (χ3v) is 4.61. The number of hydrogen-bond acceptors (Lipinski definition) is 5. The molecular weight excluding hydrogens is 360 g/mol. The van der Waals surface area contributed by atoms with Crippen molar-refractivity contribution in [3.05, 3.63) is 47.0 Å². The molecule has 8 nitrogen and oxygen atoms in total. The maximum Gasteiger partial charge on any atom is 0.337 e. The molecular formula is C20H24N4O4. The zero-order valence-corrected chi connectivity index (χ0v) is 16.1. The third kappa shape index (κ3) is 4.05. The van der Waals surface area contributed by atoms with E-state index in [0.29, 0.717) is 36.5 Å². The molecule has 0 spiro atoms. The molecule has 0 fully saturated rings. The number of amides is 2. The molecule has 1 aliphatic heterocycles. The monoisotopic (exact) mass is 384 g/mol. The van der Waals surface area contributed by atoms with Crippen LogP contribution in [0.3, 0.4) is 0 Å². The molecule has 2 amide bonds. The number of esters is 1. The second-order valence-electron chi connectivity index (χ2n) is 6.62. The first-order valence-corrected chi connectivity index (χ1v) is 9.42. The number of anilines is 1. The van der Waals surface area contributed by atoms with E-state index in [1.54, 1.807) is 24.3 Å². The van der Waals surface area contributed by atoms with Crippen molar-refractivity contribution in [1.29, 1.82) is 0 Å². The van der Waals surface area contributed by atoms with Gasteiger partial charge in [0, 0.05) is 18.8 Å². The molecule has 0 radical (unpaired) electrons. The zero-order chi connectivity index (χ0) is 20.1. The molecule has 2 heterocycles. The first-order valence-electron chi connectivity index (χ1n) is 9.42. The summed E-state index contributed by atoms with van der Waals surface area (Å²) in [4.78, 5) is 41.3. The van der Waals surface area contributed by atoms with Crippen LogP contribution in [0.25, 0.3) is 0 Å². The molecule has 1 aliphatic rings. The molecule has 1 aromatic heterocycles. The van der Waals surface area contributed by atoms with E-state index >= 15 is 0 Å². The summed E-state index contributed by atoms with van der Waals surface area (Å²) in [6.45, 7) is 3.19. The van der Waals surface area contributed by atoms with Crippen LogP contribution in [0.2, 0.25) is 0 Å². The second kappa shape index (κ2) is 8.69. The van der Waals surface area contributed by atoms with Gasteiger partial charge in [-0.1, -0.05) is 13.0 Å². The van der Waals surface area contributed by atoms with Crippen LogP contribution in [0, 0.1) is 0 Å². The molecule has 0 aliphatic carbocycles. The van der Waals surface area contributed by atoms with Gasteiger partial charge in [0.1, 0.15) is 5.69 Å². The molecule has 0 atom stereocenters. The highest BCUT2D eigenvalue weighted by Gasteiger charge is 2.27. The topological polar surface area (TPSA) is 102 Å². The predicted octanol–water partition coefficient (Wildman–Crippen LogP) is 2.40. The van der Waals surface area contributed by atoms with Crippen LogP contribution in [0.5, 0.6) is 0 Å². The highest BCUT2D eigenvalue weighted by molar-refractivity contribution is 6.04. The number of methoxy groups -OCH3 is 1. The highest BCUT2D eigenvalue weighted by Crippen LogP contribution is 2.22. The highest BCUT2D eigenvalue weighted by atomic mass is 16.5. The van der Waals surface area contributed by atoms with Crippen LogP contribution in [0.4, 0.5) is 5.69 Å². The minimum atomic E-state index is -0.482. The molecule has 0 saturated carbocycles. The average molecular weight is 384 g/mol. The van der Waals surface area contributed by atoms with E-state index in [-0.39, 0.29) is 11.7 Å². The number of nitrogens with one attached hydrogen (secondary N) is 2. The lowest BCUT2D eigenvalue weighted by Gasteiger charge is -2.17. The van der Waals surface area contributed by atoms with Crippen LogP contribution in [0.15, 0.2) is 24.3 Å². The fourth-order valence-corrected chi connectivity index (χ4v) is 3.25. The summed E-state index contributed by atoms with van der Waals surface area (Å²) < 4.78 is 6.53. The third-order valence-electron chi connectivity index (χ3n) is 4.61. The molecule has 148 valence electrons. The zero-order valence-electron chi connectivity index (χ0n) is 16.1. The number of rotatable bonds is 6. The fourth-order valence-electron chi connectivity index (χ4n) is 3.25. The number of fused-ring (bicyclic) bond motifs is 1. The molecule has 0 saturated heterocycles. The Hall–Kier alpha value is -3.16. The maximum atomic E-state index is 12.8. The van der Waals surface area contributed by atoms with Crippen molar-refractivity contribution in [2.24, 2.45) is 0 Å². The van der Waals surface area contributed by atoms with Crippen molar-refractivity contribution in [2.45, 2.75) is 39.2 Å². The van der Waals surface area contributed by atoms with Gasteiger partial charge in [-0.05, 0) is 43.9 Å². The van der Waals surface area contributed by atoms with Gasteiger partial charge < -0.3 is 19.9 Å². The number of benzene rings is 1. The molecule has 2 aromatic rings. The van der Waals surface area contributed by atoms with Gasteiger partial charge in [0.2, 0.25) is 0 Å². The van der Waals surface area contributed by atoms with Gasteiger partial charge in [-0.3, -0.25) is 9.59 Å². The Kier molecular flexibility index (Phi) is 6.08. The first kappa shape index (κ1) is 19.6. The van der Waals surface area contributed by atoms with Crippen molar-refractivity contribution in [3.63, 3.8) is 0 Å². The first-order chi connectivity index (χ1) is 13.5. The van der Waals surface area contributed by atoms with Gasteiger partial charge in [-0.2, -0.15) is 0 Å². The summed E-state index contributed by atoms with van der Waals surface area (Å²) in [5.41, 5.74) is 1.91. The molecule has 2 N–H and O–H groups in total. The van der Waals surface area contributed by atoms with Crippen molar-refractivity contribution in [2.75, 3.05) is 19.0 Å². The van der Waals surface area contributed by atoms with E-state index in [2.05, 4.69) is 15.6 Å². The van der Waals surface area contributed by atoms with Gasteiger partial charge >= 0.3 is 5.97 Å². The van der Waals surface area contributed by atoms with E-state index in [9.17, 15) is 14.4 Å². The molecule has 8 heteroatoms. The number of carbonyl (C=O) groups excluding carboxylic acids is 3. The van der Waals surface area contributed by atoms with Crippen molar-refractivity contribution in [1.82, 2.24) is 14.9 Å². The second-order valence-corrected chi connectivity index (χ2v) is 6.62. The lowest BCUT2D eigenvalue weighted by atomic mass is 10.1. The number of hydrogen-bond donors (Lipinski definition) is 2. The number of imidazole rings is 1. The summed E-state index contributed by atoms with van der Waals surface area (Å²) in [6, 6.07) is 6.49. The Morgan fingerprint density at radius 2 is 2.04 bits per heavy atom. The quantitative estimate of drug-likeness (QED) is 0.745. The summed E-state index contributed by atoms with van der Waals surface area (Å²) in [5, 5.41) is 5.59. The lowest BCUT2D eigenvalue weighted by molar-refractivity contribution is 0.0600. The number of nitrogens with zero attached hydrogens (tertiary/aromatic N) is 2. The molecule has 0 unspecified atom stereocenters. The van der Waals surface area contributed by atoms with Crippen molar-refractivity contribution >= 4 is 23.5 Å². The van der Waals surface area contributed by atoms with Crippen LogP contribution in [0.1, 0.15) is 63.3 Å². The Morgan fingerprint density at radius 1 is 1.21 bits per heavy atom. The van der Waals surface area contributed by atoms with Gasteiger partial charge in [0.15, 0.2) is 5.82 Å². The summed E-state index contributed by atoms with van der Waals surface area (Å²) in [7, 11) is 1.30. The van der Waals surface area contributed by atoms with Gasteiger partial charge in [0.05, 0.1) is 18.4 Å². The molecule has 0 bridgehead atoms. The van der Waals surface area contributed by atoms with Gasteiger partial charge in [0.25, 0.3) is 11.8 Å². The largest absolute Gasteiger partial charge is 0.465 e. The van der Waals surface area contributed by atoms with Crippen molar-refractivity contribution < 1.29 is 19.1 Å². The summed E-state index contributed by atoms with van der Waals surface area (Å²) >= 11 is 0. The van der Waals surface area contributed by atoms with Gasteiger partial charge in [-0.25, -0.2) is 9.78 Å². The SMILES string of the molecule is CCCNC(=O)c1nc(C(=O)Nc2cccc(C(=O)OC)c2)n2c1CCCC2. The Labute approximate surface area is 163 Å². The number of aromatic nitrogens is 2. The van der Waals surface area contributed by atoms with Gasteiger partial charge in [-0.15, -0.1) is 0 Å². The van der Waals surface area contributed by atoms with E-state index in [0.717, 1.165) is 25.0 Å². The van der Waals surface area contributed by atoms with E-state index < -0.39 is 11.9 Å². The minimum absolute atomic E-state index is 0.208. The molecule has 3 rings (SSSR count). The lowest BCUT2D eigenvalue weighted by Crippen LogP contribution is -2.26. The Bertz CT molecular complexity index is 904. The van der Waals surface area contributed by atoms with E-state index in [1.807, 2.05) is 11.5 Å². The minimum Gasteiger partial charge on any atom is -0.465 e. The van der Waals surface area contributed by atoms with Crippen molar-refractivity contribution in [3.8, 4) is 0 Å². The summed E-state index contributed by atoms with van der Waals surface area (Å²) in [6.07, 6.45) is 3.43. The number of carbonyl (C=O) groups is 3. The normalized spacial score (nSPS) is 12.8. The Balaban J connectivity index is 1.87. The Morgan fingerprint density at radius 3 is 2.79 bits per heavy atom. The van der Waals surface area contributed by atoms with E-state index in [4.69, 9.17) is 4.74 Å². The number of ether oxygens (including phenoxy) is 1. The van der Waals surface area contributed by atoms with Crippen LogP contribution >= 0.6 is 0 Å². The summed E-state index contributed by atoms with van der Waals surface area (Å²) in [5.74, 6) is -0.942. The van der Waals surface area contributed by atoms with E-state index in [1.165, 1.54) is 7.11 Å². The smallest absolute Gasteiger partial charge is 0.337 e. The maximum absolute atomic E-state index is 12.8. The fraction of sp³-hybridized carbons (Fsp3) is 0.400. The molecule has 1 aromatic carbocycles. The predicted molar refractivity (Wildman–Crippen MR) is 104 cm³/mol. The van der Waals surface area contributed by atoms with Crippen LogP contribution in [-0.2, 0) is 17.7 Å². The molecule has 28 heavy (non-hydrogen) atoms. The van der Waals surface area contributed by atoms with Crippen LogP contribution < -0.4 is 10.6 Å².